The van der Waals surface area contributed by atoms with Crippen LogP contribution in [-0.2, 0) is 15.4 Å². The van der Waals surface area contributed by atoms with E-state index in [0.717, 1.165) is 16.3 Å². The number of nitrogens with one attached hydrogen (secondary N) is 1. The SMILES string of the molecule is CN(c1cccc(C(=O)NCCOc2ccc(C(C)(C)C)cc2)c1)S(C)(=O)=O. The van der Waals surface area contributed by atoms with Crippen molar-refractivity contribution in [3.63, 3.8) is 0 Å². The van der Waals surface area contributed by atoms with Crippen LogP contribution in [0.4, 0.5) is 5.69 Å². The van der Waals surface area contributed by atoms with E-state index in [2.05, 4.69) is 26.1 Å². The number of carbonyl (C=O) groups excluding carboxylic acids is 1. The third kappa shape index (κ3) is 5.99. The van der Waals surface area contributed by atoms with Crippen molar-refractivity contribution < 1.29 is 17.9 Å². The van der Waals surface area contributed by atoms with Crippen molar-refractivity contribution in [2.45, 2.75) is 26.2 Å². The molecule has 0 radical (unpaired) electrons. The number of anilines is 1. The van der Waals surface area contributed by atoms with E-state index < -0.39 is 10.0 Å². The summed E-state index contributed by atoms with van der Waals surface area (Å²) in [5.74, 6) is 0.467. The third-order valence-corrected chi connectivity index (χ3v) is 5.55. The van der Waals surface area contributed by atoms with Crippen LogP contribution >= 0.6 is 0 Å². The van der Waals surface area contributed by atoms with Gasteiger partial charge < -0.3 is 10.1 Å². The van der Waals surface area contributed by atoms with Crippen molar-refractivity contribution in [2.24, 2.45) is 0 Å². The number of hydrogen-bond acceptors (Lipinski definition) is 4. The van der Waals surface area contributed by atoms with Gasteiger partial charge >= 0.3 is 0 Å². The first-order chi connectivity index (χ1) is 13.0. The lowest BCUT2D eigenvalue weighted by atomic mass is 9.87. The lowest BCUT2D eigenvalue weighted by molar-refractivity contribution is 0.0947. The minimum Gasteiger partial charge on any atom is -0.492 e. The molecule has 0 aliphatic carbocycles. The predicted molar refractivity (Wildman–Crippen MR) is 113 cm³/mol. The largest absolute Gasteiger partial charge is 0.492 e. The number of rotatable bonds is 7. The molecule has 0 saturated heterocycles. The van der Waals surface area contributed by atoms with Crippen LogP contribution in [0, 0.1) is 0 Å². The summed E-state index contributed by atoms with van der Waals surface area (Å²) in [6, 6.07) is 14.4. The van der Waals surface area contributed by atoms with Gasteiger partial charge in [-0.3, -0.25) is 9.10 Å². The molecule has 2 rings (SSSR count). The molecular weight excluding hydrogens is 376 g/mol. The van der Waals surface area contributed by atoms with E-state index in [1.54, 1.807) is 24.3 Å². The van der Waals surface area contributed by atoms with Gasteiger partial charge in [0.05, 0.1) is 18.5 Å². The van der Waals surface area contributed by atoms with Gasteiger partial charge in [-0.2, -0.15) is 0 Å². The Morgan fingerprint density at radius 2 is 1.75 bits per heavy atom. The molecule has 0 bridgehead atoms. The Morgan fingerprint density at radius 1 is 1.11 bits per heavy atom. The van der Waals surface area contributed by atoms with Crippen LogP contribution in [0.25, 0.3) is 0 Å². The number of benzene rings is 2. The maximum atomic E-state index is 12.3. The van der Waals surface area contributed by atoms with Gasteiger partial charge in [0.25, 0.3) is 5.91 Å². The fraction of sp³-hybridized carbons (Fsp3) is 0.381. The van der Waals surface area contributed by atoms with Gasteiger partial charge in [-0.25, -0.2) is 8.42 Å². The second-order valence-electron chi connectivity index (χ2n) is 7.66. The summed E-state index contributed by atoms with van der Waals surface area (Å²) in [6.45, 7) is 7.14. The summed E-state index contributed by atoms with van der Waals surface area (Å²) in [4.78, 5) is 12.3. The van der Waals surface area contributed by atoms with Crippen molar-refractivity contribution in [3.05, 3.63) is 59.7 Å². The molecule has 0 aromatic heterocycles. The summed E-state index contributed by atoms with van der Waals surface area (Å²) >= 11 is 0. The van der Waals surface area contributed by atoms with Crippen molar-refractivity contribution in [3.8, 4) is 5.75 Å². The zero-order chi connectivity index (χ0) is 20.9. The molecule has 7 heteroatoms. The minimum atomic E-state index is -3.38. The normalized spacial score (nSPS) is 11.8. The Labute approximate surface area is 167 Å². The highest BCUT2D eigenvalue weighted by Crippen LogP contribution is 2.24. The van der Waals surface area contributed by atoms with E-state index in [1.807, 2.05) is 24.3 Å². The topological polar surface area (TPSA) is 75.7 Å². The van der Waals surface area contributed by atoms with E-state index in [9.17, 15) is 13.2 Å². The van der Waals surface area contributed by atoms with Gasteiger partial charge in [-0.15, -0.1) is 0 Å². The summed E-state index contributed by atoms with van der Waals surface area (Å²) in [6.07, 6.45) is 1.12. The van der Waals surface area contributed by atoms with Crippen LogP contribution in [0.5, 0.6) is 5.75 Å². The quantitative estimate of drug-likeness (QED) is 0.719. The summed E-state index contributed by atoms with van der Waals surface area (Å²) < 4.78 is 30.1. The van der Waals surface area contributed by atoms with E-state index in [1.165, 1.54) is 12.6 Å². The van der Waals surface area contributed by atoms with Crippen molar-refractivity contribution in [1.29, 1.82) is 0 Å². The molecule has 0 saturated carbocycles. The van der Waals surface area contributed by atoms with Crippen molar-refractivity contribution >= 4 is 21.6 Å². The van der Waals surface area contributed by atoms with E-state index in [0.29, 0.717) is 24.4 Å². The number of amides is 1. The third-order valence-electron chi connectivity index (χ3n) is 4.35. The number of ether oxygens (including phenoxy) is 1. The van der Waals surface area contributed by atoms with Crippen LogP contribution in [-0.4, -0.2) is 40.8 Å². The van der Waals surface area contributed by atoms with Gasteiger partial charge in [-0.1, -0.05) is 39.0 Å². The maximum absolute atomic E-state index is 12.3. The molecule has 28 heavy (non-hydrogen) atoms. The number of nitrogens with zero attached hydrogens (tertiary/aromatic N) is 1. The first-order valence-electron chi connectivity index (χ1n) is 9.04. The van der Waals surface area contributed by atoms with E-state index in [4.69, 9.17) is 4.74 Å². The summed E-state index contributed by atoms with van der Waals surface area (Å²) in [5.41, 5.74) is 2.15. The van der Waals surface area contributed by atoms with Gasteiger partial charge in [0, 0.05) is 12.6 Å². The Bertz CT molecular complexity index is 916. The molecule has 0 spiro atoms. The van der Waals surface area contributed by atoms with Crippen LogP contribution in [0.1, 0.15) is 36.7 Å². The molecule has 2 aromatic carbocycles. The zero-order valence-corrected chi connectivity index (χ0v) is 17.8. The van der Waals surface area contributed by atoms with Crippen molar-refractivity contribution in [1.82, 2.24) is 5.32 Å². The Balaban J connectivity index is 1.88. The molecule has 6 nitrogen and oxygen atoms in total. The van der Waals surface area contributed by atoms with Gasteiger partial charge in [0.2, 0.25) is 10.0 Å². The molecule has 152 valence electrons. The molecule has 2 aromatic rings. The summed E-state index contributed by atoms with van der Waals surface area (Å²) in [5, 5.41) is 2.78. The Morgan fingerprint density at radius 3 is 2.32 bits per heavy atom. The minimum absolute atomic E-state index is 0.0895. The Kier molecular flexibility index (Phi) is 6.72. The van der Waals surface area contributed by atoms with Crippen LogP contribution in [0.3, 0.4) is 0 Å². The second kappa shape index (κ2) is 8.65. The molecule has 0 atom stereocenters. The van der Waals surface area contributed by atoms with Crippen LogP contribution < -0.4 is 14.4 Å². The average molecular weight is 405 g/mol. The molecule has 0 fully saturated rings. The van der Waals surface area contributed by atoms with Gasteiger partial charge in [0.1, 0.15) is 12.4 Å². The first kappa shape index (κ1) is 21.8. The van der Waals surface area contributed by atoms with Crippen molar-refractivity contribution in [2.75, 3.05) is 30.8 Å². The summed E-state index contributed by atoms with van der Waals surface area (Å²) in [7, 11) is -1.93. The molecule has 0 aliphatic rings. The monoisotopic (exact) mass is 404 g/mol. The molecular formula is C21H28N2O4S. The standard InChI is InChI=1S/C21H28N2O4S/c1-21(2,3)17-9-11-19(12-10-17)27-14-13-22-20(24)16-7-6-8-18(15-16)23(4)28(5,25)26/h6-12,15H,13-14H2,1-5H3,(H,22,24). The molecule has 0 aliphatic heterocycles. The van der Waals surface area contributed by atoms with Crippen LogP contribution in [0.2, 0.25) is 0 Å². The highest BCUT2D eigenvalue weighted by molar-refractivity contribution is 7.92. The lowest BCUT2D eigenvalue weighted by Crippen LogP contribution is -2.29. The molecule has 1 N–H and O–H groups in total. The second-order valence-corrected chi connectivity index (χ2v) is 9.67. The van der Waals surface area contributed by atoms with E-state index in [-0.39, 0.29) is 11.3 Å². The van der Waals surface area contributed by atoms with Gasteiger partial charge in [0.15, 0.2) is 0 Å². The smallest absolute Gasteiger partial charge is 0.251 e. The number of carbonyl (C=O) groups is 1. The first-order valence-corrected chi connectivity index (χ1v) is 10.9. The maximum Gasteiger partial charge on any atom is 0.251 e. The number of sulfonamides is 1. The predicted octanol–water partition coefficient (Wildman–Crippen LogP) is 3.19. The molecule has 0 unspecified atom stereocenters. The van der Waals surface area contributed by atoms with Gasteiger partial charge in [-0.05, 0) is 41.3 Å². The Hall–Kier alpha value is -2.54. The molecule has 1 amide bonds. The average Bonchev–Trinajstić information content (AvgIpc) is 2.63. The lowest BCUT2D eigenvalue weighted by Gasteiger charge is -2.19. The fourth-order valence-corrected chi connectivity index (χ4v) is 3.02. The highest BCUT2D eigenvalue weighted by Gasteiger charge is 2.14. The highest BCUT2D eigenvalue weighted by atomic mass is 32.2. The molecule has 0 heterocycles. The fourth-order valence-electron chi connectivity index (χ4n) is 2.52. The van der Waals surface area contributed by atoms with E-state index >= 15 is 0 Å². The number of hydrogen-bond donors (Lipinski definition) is 1. The zero-order valence-electron chi connectivity index (χ0n) is 17.0. The van der Waals surface area contributed by atoms with Crippen LogP contribution in [0.15, 0.2) is 48.5 Å².